The van der Waals surface area contributed by atoms with Gasteiger partial charge in [0.15, 0.2) is 0 Å². The van der Waals surface area contributed by atoms with Gasteiger partial charge >= 0.3 is 0 Å². The number of aromatic nitrogens is 2. The van der Waals surface area contributed by atoms with Crippen LogP contribution in [0.5, 0.6) is 0 Å². The van der Waals surface area contributed by atoms with Crippen LogP contribution >= 0.6 is 34.5 Å². The van der Waals surface area contributed by atoms with Crippen LogP contribution in [-0.2, 0) is 0 Å². The molecule has 0 radical (unpaired) electrons. The minimum absolute atomic E-state index is 0.736. The Morgan fingerprint density at radius 2 is 1.76 bits per heavy atom. The summed E-state index contributed by atoms with van der Waals surface area (Å²) < 4.78 is 5.75. The van der Waals surface area contributed by atoms with Crippen LogP contribution in [-0.4, -0.2) is 9.36 Å². The number of halogens is 1. The topological polar surface area (TPSA) is 25.8 Å². The number of rotatable bonds is 2. The third kappa shape index (κ3) is 2.35. The monoisotopic (exact) mass is 328 g/mol. The first-order valence-electron chi connectivity index (χ1n) is 6.37. The smallest absolute Gasteiger partial charge is 0.144 e. The van der Waals surface area contributed by atoms with Crippen molar-refractivity contribution in [1.82, 2.24) is 9.36 Å². The van der Waals surface area contributed by atoms with Gasteiger partial charge in [-0.2, -0.15) is 4.37 Å². The van der Waals surface area contributed by atoms with Crippen LogP contribution in [0.3, 0.4) is 0 Å². The molecule has 0 amide bonds. The second-order valence-corrected chi connectivity index (χ2v) is 6.67. The highest BCUT2D eigenvalue weighted by Gasteiger charge is 2.12. The molecule has 0 aliphatic heterocycles. The number of hydrogen-bond donors (Lipinski definition) is 0. The van der Waals surface area contributed by atoms with Crippen molar-refractivity contribution in [3.05, 3.63) is 58.9 Å². The Morgan fingerprint density at radius 3 is 2.62 bits per heavy atom. The molecule has 21 heavy (non-hydrogen) atoms. The van der Waals surface area contributed by atoms with Crippen LogP contribution in [0.1, 0.15) is 0 Å². The Balaban J connectivity index is 1.79. The lowest BCUT2D eigenvalue weighted by Crippen LogP contribution is -1.80. The van der Waals surface area contributed by atoms with Crippen LogP contribution in [0, 0.1) is 0 Å². The first kappa shape index (κ1) is 13.0. The molecule has 0 aliphatic carbocycles. The van der Waals surface area contributed by atoms with Crippen molar-refractivity contribution in [3.63, 3.8) is 0 Å². The maximum atomic E-state index is 5.92. The van der Waals surface area contributed by atoms with Crippen LogP contribution in [0.4, 0.5) is 0 Å². The average Bonchev–Trinajstić information content (AvgIpc) is 3.14. The molecule has 2 aromatic heterocycles. The zero-order valence-corrected chi connectivity index (χ0v) is 13.2. The van der Waals surface area contributed by atoms with Gasteiger partial charge in [0.2, 0.25) is 0 Å². The van der Waals surface area contributed by atoms with Gasteiger partial charge < -0.3 is 0 Å². The Hall–Kier alpha value is -1.75. The number of fused-ring (bicyclic) bond motifs is 1. The molecular formula is C16H9ClN2S2. The standard InChI is InChI=1S/C16H9ClN2S2/c17-11-7-5-10(6-8-11)13-9-20-16(18-13)15-12-3-1-2-4-14(12)21-19-15/h1-9H. The number of hydrogen-bond acceptors (Lipinski definition) is 4. The van der Waals surface area contributed by atoms with E-state index in [1.54, 1.807) is 11.3 Å². The number of nitrogens with zero attached hydrogens (tertiary/aromatic N) is 2. The molecule has 0 unspecified atom stereocenters. The highest BCUT2D eigenvalue weighted by molar-refractivity contribution is 7.15. The van der Waals surface area contributed by atoms with Crippen LogP contribution in [0.2, 0.25) is 5.02 Å². The van der Waals surface area contributed by atoms with E-state index in [1.165, 1.54) is 21.6 Å². The third-order valence-electron chi connectivity index (χ3n) is 3.22. The second kappa shape index (κ2) is 5.22. The minimum atomic E-state index is 0.736. The zero-order valence-electron chi connectivity index (χ0n) is 10.8. The van der Waals surface area contributed by atoms with E-state index in [0.717, 1.165) is 27.0 Å². The molecule has 102 valence electrons. The lowest BCUT2D eigenvalue weighted by molar-refractivity contribution is 1.38. The molecular weight excluding hydrogens is 320 g/mol. The van der Waals surface area contributed by atoms with Crippen molar-refractivity contribution in [2.45, 2.75) is 0 Å². The Kier molecular flexibility index (Phi) is 3.22. The maximum absolute atomic E-state index is 5.92. The van der Waals surface area contributed by atoms with Gasteiger partial charge in [0.05, 0.1) is 10.4 Å². The van der Waals surface area contributed by atoms with E-state index in [0.29, 0.717) is 0 Å². The summed E-state index contributed by atoms with van der Waals surface area (Å²) in [4.78, 5) is 4.72. The predicted molar refractivity (Wildman–Crippen MR) is 91.2 cm³/mol. The van der Waals surface area contributed by atoms with Crippen LogP contribution in [0.15, 0.2) is 53.9 Å². The van der Waals surface area contributed by atoms with E-state index >= 15 is 0 Å². The molecule has 0 bridgehead atoms. The summed E-state index contributed by atoms with van der Waals surface area (Å²) in [5.41, 5.74) is 3.01. The van der Waals surface area contributed by atoms with Crippen molar-refractivity contribution < 1.29 is 0 Å². The van der Waals surface area contributed by atoms with Gasteiger partial charge in [-0.25, -0.2) is 4.98 Å². The highest BCUT2D eigenvalue weighted by Crippen LogP contribution is 2.34. The average molecular weight is 329 g/mol. The van der Waals surface area contributed by atoms with Crippen molar-refractivity contribution in [2.75, 3.05) is 0 Å². The molecule has 4 rings (SSSR count). The highest BCUT2D eigenvalue weighted by atomic mass is 35.5. The quantitative estimate of drug-likeness (QED) is 0.469. The van der Waals surface area contributed by atoms with E-state index in [-0.39, 0.29) is 0 Å². The normalized spacial score (nSPS) is 11.1. The summed E-state index contributed by atoms with van der Waals surface area (Å²) in [5, 5.41) is 4.92. The first-order valence-corrected chi connectivity index (χ1v) is 8.40. The SMILES string of the molecule is Clc1ccc(-c2csc(-c3nsc4ccccc34)n2)cc1. The van der Waals surface area contributed by atoms with E-state index in [9.17, 15) is 0 Å². The molecule has 0 N–H and O–H groups in total. The fraction of sp³-hybridized carbons (Fsp3) is 0. The fourth-order valence-electron chi connectivity index (χ4n) is 2.18. The zero-order chi connectivity index (χ0) is 14.2. The molecule has 2 heterocycles. The van der Waals surface area contributed by atoms with Gasteiger partial charge in [0.1, 0.15) is 10.7 Å². The summed E-state index contributed by atoms with van der Waals surface area (Å²) in [6, 6.07) is 16.0. The summed E-state index contributed by atoms with van der Waals surface area (Å²) in [5.74, 6) is 0. The van der Waals surface area contributed by atoms with E-state index in [2.05, 4.69) is 21.9 Å². The van der Waals surface area contributed by atoms with E-state index in [1.807, 2.05) is 36.4 Å². The molecule has 0 aliphatic rings. The van der Waals surface area contributed by atoms with Gasteiger partial charge in [-0.1, -0.05) is 41.9 Å². The summed E-state index contributed by atoms with van der Waals surface area (Å²) in [6.45, 7) is 0. The second-order valence-electron chi connectivity index (χ2n) is 4.57. The first-order chi connectivity index (χ1) is 10.3. The van der Waals surface area contributed by atoms with Gasteiger partial charge in [-0.3, -0.25) is 0 Å². The van der Waals surface area contributed by atoms with Crippen molar-refractivity contribution >= 4 is 44.6 Å². The molecule has 0 saturated carbocycles. The minimum Gasteiger partial charge on any atom is -0.234 e. The molecule has 2 nitrogen and oxygen atoms in total. The predicted octanol–water partition coefficient (Wildman–Crippen LogP) is 5.74. The van der Waals surface area contributed by atoms with Crippen molar-refractivity contribution in [2.24, 2.45) is 0 Å². The van der Waals surface area contributed by atoms with Gasteiger partial charge in [-0.15, -0.1) is 11.3 Å². The van der Waals surface area contributed by atoms with Crippen LogP contribution in [0.25, 0.3) is 32.0 Å². The molecule has 0 fully saturated rings. The van der Waals surface area contributed by atoms with E-state index < -0.39 is 0 Å². The third-order valence-corrected chi connectivity index (χ3v) is 5.15. The summed E-state index contributed by atoms with van der Waals surface area (Å²) in [7, 11) is 0. The lowest BCUT2D eigenvalue weighted by Gasteiger charge is -1.96. The van der Waals surface area contributed by atoms with Gasteiger partial charge in [0.25, 0.3) is 0 Å². The molecule has 0 spiro atoms. The molecule has 4 aromatic rings. The number of benzene rings is 2. The molecule has 0 saturated heterocycles. The fourth-order valence-corrected chi connectivity index (χ4v) is 3.97. The maximum Gasteiger partial charge on any atom is 0.144 e. The summed E-state index contributed by atoms with van der Waals surface area (Å²) >= 11 is 9.06. The van der Waals surface area contributed by atoms with Crippen molar-refractivity contribution in [3.8, 4) is 22.0 Å². The Bertz CT molecular complexity index is 909. The molecule has 2 aromatic carbocycles. The molecule has 5 heteroatoms. The lowest BCUT2D eigenvalue weighted by atomic mass is 10.2. The van der Waals surface area contributed by atoms with Gasteiger partial charge in [0, 0.05) is 21.4 Å². The number of thiazole rings is 1. The Labute approximate surface area is 134 Å². The van der Waals surface area contributed by atoms with Gasteiger partial charge in [-0.05, 0) is 29.7 Å². The van der Waals surface area contributed by atoms with Crippen molar-refractivity contribution in [1.29, 1.82) is 0 Å². The largest absolute Gasteiger partial charge is 0.234 e. The summed E-state index contributed by atoms with van der Waals surface area (Å²) in [6.07, 6.45) is 0. The van der Waals surface area contributed by atoms with E-state index in [4.69, 9.17) is 16.6 Å². The molecule has 0 atom stereocenters. The Morgan fingerprint density at radius 1 is 0.952 bits per heavy atom. The van der Waals surface area contributed by atoms with Crippen LogP contribution < -0.4 is 0 Å².